The van der Waals surface area contributed by atoms with E-state index in [0.29, 0.717) is 21.1 Å². The van der Waals surface area contributed by atoms with Crippen molar-refractivity contribution in [1.29, 1.82) is 0 Å². The molecule has 6 nitrogen and oxygen atoms in total. The summed E-state index contributed by atoms with van der Waals surface area (Å²) in [5, 5.41) is 5.50. The molecule has 4 rings (SSSR count). The maximum atomic E-state index is 12.9. The molecule has 3 N–H and O–H groups in total. The summed E-state index contributed by atoms with van der Waals surface area (Å²) < 4.78 is 1.89. The van der Waals surface area contributed by atoms with Gasteiger partial charge in [-0.25, -0.2) is 9.66 Å². The second kappa shape index (κ2) is 8.40. The van der Waals surface area contributed by atoms with Gasteiger partial charge >= 0.3 is 0 Å². The number of anilines is 1. The summed E-state index contributed by atoms with van der Waals surface area (Å²) in [6.45, 7) is 0. The highest BCUT2D eigenvalue weighted by Crippen LogP contribution is 2.31. The number of benzene rings is 2. The zero-order valence-electron chi connectivity index (χ0n) is 15.0. The Morgan fingerprint density at radius 3 is 2.76 bits per heavy atom. The summed E-state index contributed by atoms with van der Waals surface area (Å²) in [7, 11) is 0. The molecule has 0 bridgehead atoms. The predicted octanol–water partition coefficient (Wildman–Crippen LogP) is 4.33. The molecule has 0 unspecified atom stereocenters. The Balaban J connectivity index is 1.56. The van der Waals surface area contributed by atoms with Crippen molar-refractivity contribution in [3.05, 3.63) is 74.8 Å². The summed E-state index contributed by atoms with van der Waals surface area (Å²) in [6.07, 6.45) is 0. The van der Waals surface area contributed by atoms with Crippen LogP contribution in [0.1, 0.15) is 0 Å². The number of nitrogens with one attached hydrogen (secondary N) is 1. The van der Waals surface area contributed by atoms with Crippen LogP contribution in [0, 0.1) is 0 Å². The second-order valence-corrected chi connectivity index (χ2v) is 8.83. The number of thioether (sulfide) groups is 1. The van der Waals surface area contributed by atoms with E-state index in [1.54, 1.807) is 6.07 Å². The van der Waals surface area contributed by atoms with Crippen molar-refractivity contribution < 1.29 is 4.79 Å². The molecule has 2 aromatic heterocycles. The van der Waals surface area contributed by atoms with Gasteiger partial charge in [0.15, 0.2) is 5.16 Å². The molecule has 0 aliphatic heterocycles. The molecule has 0 spiro atoms. The monoisotopic (exact) mass is 486 g/mol. The van der Waals surface area contributed by atoms with Crippen LogP contribution in [0.4, 0.5) is 5.69 Å². The Hall–Kier alpha value is -2.62. The van der Waals surface area contributed by atoms with Crippen LogP contribution in [0.2, 0.25) is 0 Å². The maximum Gasteiger partial charge on any atom is 0.282 e. The standard InChI is InChI=1S/C20H15BrN4O2S2/c21-13-7-4-8-14(9-13)23-16(26)11-29-20-24-18-17(19(27)25(20)22)15(10-28-18)12-5-2-1-3-6-12/h1-10H,11,22H2,(H,23,26). The molecule has 0 fully saturated rings. The quantitative estimate of drug-likeness (QED) is 0.249. The highest BCUT2D eigenvalue weighted by molar-refractivity contribution is 9.10. The van der Waals surface area contributed by atoms with Gasteiger partial charge in [0.25, 0.3) is 5.56 Å². The lowest BCUT2D eigenvalue weighted by molar-refractivity contribution is -0.113. The number of carbonyl (C=O) groups excluding carboxylic acids is 1. The average Bonchev–Trinajstić information content (AvgIpc) is 3.14. The highest BCUT2D eigenvalue weighted by Gasteiger charge is 2.17. The number of nitrogens with zero attached hydrogens (tertiary/aromatic N) is 2. The van der Waals surface area contributed by atoms with Gasteiger partial charge in [-0.1, -0.05) is 64.1 Å². The van der Waals surface area contributed by atoms with Crippen molar-refractivity contribution in [3.63, 3.8) is 0 Å². The Bertz CT molecular complexity index is 1250. The van der Waals surface area contributed by atoms with Crippen molar-refractivity contribution >= 4 is 60.8 Å². The average molecular weight is 487 g/mol. The topological polar surface area (TPSA) is 90.0 Å². The maximum absolute atomic E-state index is 12.9. The first-order valence-electron chi connectivity index (χ1n) is 8.56. The molecule has 0 saturated carbocycles. The van der Waals surface area contributed by atoms with E-state index in [1.807, 2.05) is 53.9 Å². The van der Waals surface area contributed by atoms with E-state index in [1.165, 1.54) is 11.3 Å². The fourth-order valence-electron chi connectivity index (χ4n) is 2.81. The fourth-order valence-corrected chi connectivity index (χ4v) is 4.92. The smallest absolute Gasteiger partial charge is 0.282 e. The van der Waals surface area contributed by atoms with Gasteiger partial charge in [-0.15, -0.1) is 11.3 Å². The van der Waals surface area contributed by atoms with Crippen molar-refractivity contribution in [1.82, 2.24) is 9.66 Å². The Morgan fingerprint density at radius 1 is 1.21 bits per heavy atom. The van der Waals surface area contributed by atoms with E-state index in [0.717, 1.165) is 32.0 Å². The molecule has 146 valence electrons. The third-order valence-electron chi connectivity index (χ3n) is 4.13. The summed E-state index contributed by atoms with van der Waals surface area (Å²) in [5.41, 5.74) is 2.10. The lowest BCUT2D eigenvalue weighted by Crippen LogP contribution is -2.30. The summed E-state index contributed by atoms with van der Waals surface area (Å²) >= 11 is 5.87. The fraction of sp³-hybridized carbons (Fsp3) is 0.0500. The summed E-state index contributed by atoms with van der Waals surface area (Å²) in [6, 6.07) is 17.0. The summed E-state index contributed by atoms with van der Waals surface area (Å²) in [4.78, 5) is 30.2. The van der Waals surface area contributed by atoms with Crippen LogP contribution in [0.5, 0.6) is 0 Å². The minimum Gasteiger partial charge on any atom is -0.334 e. The minimum absolute atomic E-state index is 0.0819. The molecule has 2 heterocycles. The van der Waals surface area contributed by atoms with Gasteiger partial charge in [0.2, 0.25) is 5.91 Å². The van der Waals surface area contributed by atoms with E-state index in [-0.39, 0.29) is 17.2 Å². The molecule has 4 aromatic rings. The van der Waals surface area contributed by atoms with Crippen LogP contribution in [-0.4, -0.2) is 21.3 Å². The number of hydrogen-bond donors (Lipinski definition) is 2. The zero-order chi connectivity index (χ0) is 20.4. The number of amides is 1. The van der Waals surface area contributed by atoms with Crippen LogP contribution < -0.4 is 16.7 Å². The number of aromatic nitrogens is 2. The van der Waals surface area contributed by atoms with Gasteiger partial charge in [-0.3, -0.25) is 9.59 Å². The number of rotatable bonds is 5. The van der Waals surface area contributed by atoms with Gasteiger partial charge in [0, 0.05) is 21.1 Å². The number of hydrogen-bond acceptors (Lipinski definition) is 6. The number of nitrogens with two attached hydrogens (primary N) is 1. The Morgan fingerprint density at radius 2 is 2.00 bits per heavy atom. The van der Waals surface area contributed by atoms with Crippen LogP contribution in [0.3, 0.4) is 0 Å². The van der Waals surface area contributed by atoms with Crippen molar-refractivity contribution in [3.8, 4) is 11.1 Å². The van der Waals surface area contributed by atoms with Crippen molar-refractivity contribution in [2.24, 2.45) is 0 Å². The predicted molar refractivity (Wildman–Crippen MR) is 123 cm³/mol. The van der Waals surface area contributed by atoms with Crippen LogP contribution >= 0.6 is 39.0 Å². The largest absolute Gasteiger partial charge is 0.334 e. The van der Waals surface area contributed by atoms with E-state index in [4.69, 9.17) is 5.84 Å². The lowest BCUT2D eigenvalue weighted by Gasteiger charge is -2.08. The van der Waals surface area contributed by atoms with Gasteiger partial charge < -0.3 is 11.2 Å². The second-order valence-electron chi connectivity index (χ2n) is 6.11. The van der Waals surface area contributed by atoms with Crippen LogP contribution in [0.25, 0.3) is 21.3 Å². The third-order valence-corrected chi connectivity index (χ3v) is 6.45. The lowest BCUT2D eigenvalue weighted by atomic mass is 10.1. The molecule has 0 aliphatic rings. The molecule has 0 radical (unpaired) electrons. The van der Waals surface area contributed by atoms with E-state index in [2.05, 4.69) is 26.2 Å². The van der Waals surface area contributed by atoms with Gasteiger partial charge in [0.05, 0.1) is 11.1 Å². The third kappa shape index (κ3) is 4.21. The Labute approximate surface area is 182 Å². The first-order chi connectivity index (χ1) is 14.0. The van der Waals surface area contributed by atoms with Crippen molar-refractivity contribution in [2.75, 3.05) is 16.9 Å². The van der Waals surface area contributed by atoms with E-state index >= 15 is 0 Å². The number of halogens is 1. The summed E-state index contributed by atoms with van der Waals surface area (Å²) in [5.74, 6) is 5.87. The normalized spacial score (nSPS) is 10.9. The molecular formula is C20H15BrN4O2S2. The van der Waals surface area contributed by atoms with E-state index < -0.39 is 0 Å². The molecule has 1 amide bonds. The SMILES string of the molecule is Nn1c(SCC(=O)Nc2cccc(Br)c2)nc2scc(-c3ccccc3)c2c1=O. The first kappa shape index (κ1) is 19.7. The van der Waals surface area contributed by atoms with Gasteiger partial charge in [-0.2, -0.15) is 0 Å². The van der Waals surface area contributed by atoms with Crippen LogP contribution in [0.15, 0.2) is 74.4 Å². The van der Waals surface area contributed by atoms with E-state index in [9.17, 15) is 9.59 Å². The highest BCUT2D eigenvalue weighted by atomic mass is 79.9. The molecule has 9 heteroatoms. The zero-order valence-corrected chi connectivity index (χ0v) is 18.2. The Kier molecular flexibility index (Phi) is 5.70. The number of fused-ring (bicyclic) bond motifs is 1. The van der Waals surface area contributed by atoms with Crippen molar-refractivity contribution in [2.45, 2.75) is 5.16 Å². The first-order valence-corrected chi connectivity index (χ1v) is 11.2. The molecular weight excluding hydrogens is 472 g/mol. The van der Waals surface area contributed by atoms with Crippen LogP contribution in [-0.2, 0) is 4.79 Å². The molecule has 2 aromatic carbocycles. The number of nitrogen functional groups attached to an aromatic ring is 1. The van der Waals surface area contributed by atoms with Gasteiger partial charge in [0.1, 0.15) is 4.83 Å². The number of thiophene rings is 1. The minimum atomic E-state index is -0.329. The number of carbonyl (C=O) groups is 1. The van der Waals surface area contributed by atoms with Gasteiger partial charge in [-0.05, 0) is 23.8 Å². The molecule has 0 atom stereocenters. The molecule has 29 heavy (non-hydrogen) atoms. The molecule has 0 saturated heterocycles. The molecule has 0 aliphatic carbocycles.